The fourth-order valence-electron chi connectivity index (χ4n) is 1.92. The maximum absolute atomic E-state index is 12.0. The van der Waals surface area contributed by atoms with Crippen molar-refractivity contribution in [1.29, 1.82) is 0 Å². The molecule has 0 radical (unpaired) electrons. The van der Waals surface area contributed by atoms with Crippen molar-refractivity contribution in [3.63, 3.8) is 0 Å². The molecule has 98 valence electrons. The molecule has 2 unspecified atom stereocenters. The molecule has 2 atom stereocenters. The molecule has 5 nitrogen and oxygen atoms in total. The van der Waals surface area contributed by atoms with Gasteiger partial charge in [-0.05, 0) is 18.1 Å². The van der Waals surface area contributed by atoms with Gasteiger partial charge in [-0.15, -0.1) is 0 Å². The molecule has 0 bridgehead atoms. The first-order valence-electron chi connectivity index (χ1n) is 6.01. The summed E-state index contributed by atoms with van der Waals surface area (Å²) in [5, 5.41) is 8.64. The van der Waals surface area contributed by atoms with Crippen LogP contribution in [-0.2, 0) is 9.59 Å². The molecule has 0 aliphatic carbocycles. The Morgan fingerprint density at radius 3 is 2.47 bits per heavy atom. The first kappa shape index (κ1) is 13.2. The van der Waals surface area contributed by atoms with E-state index in [1.165, 1.54) is 0 Å². The molecule has 1 aliphatic rings. The van der Waals surface area contributed by atoms with Gasteiger partial charge in [-0.1, -0.05) is 25.8 Å². The van der Waals surface area contributed by atoms with Gasteiger partial charge >= 0.3 is 0 Å². The van der Waals surface area contributed by atoms with Gasteiger partial charge in [0, 0.05) is 11.8 Å². The normalized spacial score (nSPS) is 22.4. The van der Waals surface area contributed by atoms with E-state index in [4.69, 9.17) is 5.11 Å². The molecule has 1 N–H and O–H groups in total. The molecule has 2 rings (SSSR count). The standard InChI is InChI=1S/C14H14N2O3/c1-9-10(2)14(19)16(13(9)18)12-7-3-5-11(15-12)6-4-8-17/h3,5,7,9-10,17H,8H2,1-2H3. The average Bonchev–Trinajstić information content (AvgIpc) is 2.61. The minimum Gasteiger partial charge on any atom is -0.384 e. The van der Waals surface area contributed by atoms with E-state index in [2.05, 4.69) is 16.8 Å². The fourth-order valence-corrected chi connectivity index (χ4v) is 1.92. The third-order valence-corrected chi connectivity index (χ3v) is 3.23. The summed E-state index contributed by atoms with van der Waals surface area (Å²) in [5.41, 5.74) is 0.416. The van der Waals surface area contributed by atoms with E-state index in [9.17, 15) is 9.59 Å². The lowest BCUT2D eigenvalue weighted by Crippen LogP contribution is -2.31. The van der Waals surface area contributed by atoms with Crippen LogP contribution in [0.2, 0.25) is 0 Å². The van der Waals surface area contributed by atoms with Crippen LogP contribution in [-0.4, -0.2) is 28.5 Å². The van der Waals surface area contributed by atoms with Crippen molar-refractivity contribution < 1.29 is 14.7 Å². The van der Waals surface area contributed by atoms with E-state index in [1.54, 1.807) is 32.0 Å². The molecule has 5 heteroatoms. The van der Waals surface area contributed by atoms with E-state index in [0.29, 0.717) is 5.69 Å². The van der Waals surface area contributed by atoms with Crippen molar-refractivity contribution in [2.75, 3.05) is 11.5 Å². The second-order valence-corrected chi connectivity index (χ2v) is 4.43. The molecule has 1 aromatic rings. The van der Waals surface area contributed by atoms with Crippen LogP contribution in [0.15, 0.2) is 18.2 Å². The van der Waals surface area contributed by atoms with Crippen LogP contribution in [0.4, 0.5) is 5.82 Å². The summed E-state index contributed by atoms with van der Waals surface area (Å²) in [6.07, 6.45) is 0. The number of carbonyl (C=O) groups is 2. The molecule has 2 amide bonds. The van der Waals surface area contributed by atoms with E-state index in [0.717, 1.165) is 4.90 Å². The Balaban J connectivity index is 2.37. The number of pyridine rings is 1. The zero-order valence-corrected chi connectivity index (χ0v) is 10.8. The highest BCUT2D eigenvalue weighted by atomic mass is 16.2. The van der Waals surface area contributed by atoms with Crippen LogP contribution in [0.1, 0.15) is 19.5 Å². The predicted molar refractivity (Wildman–Crippen MR) is 69.0 cm³/mol. The maximum Gasteiger partial charge on any atom is 0.238 e. The lowest BCUT2D eigenvalue weighted by atomic mass is 10.00. The van der Waals surface area contributed by atoms with Gasteiger partial charge in [-0.3, -0.25) is 9.59 Å². The summed E-state index contributed by atoms with van der Waals surface area (Å²) >= 11 is 0. The van der Waals surface area contributed by atoms with Gasteiger partial charge < -0.3 is 5.11 Å². The highest BCUT2D eigenvalue weighted by Crippen LogP contribution is 2.29. The fraction of sp³-hybridized carbons (Fsp3) is 0.357. The lowest BCUT2D eigenvalue weighted by molar-refractivity contribution is -0.122. The Bertz CT molecular complexity index is 566. The van der Waals surface area contributed by atoms with Crippen molar-refractivity contribution >= 4 is 17.6 Å². The van der Waals surface area contributed by atoms with E-state index in [-0.39, 0.29) is 36.1 Å². The first-order chi connectivity index (χ1) is 9.06. The molecule has 19 heavy (non-hydrogen) atoms. The Morgan fingerprint density at radius 2 is 1.89 bits per heavy atom. The van der Waals surface area contributed by atoms with Crippen molar-refractivity contribution in [3.8, 4) is 11.8 Å². The van der Waals surface area contributed by atoms with Gasteiger partial charge in [0.05, 0.1) is 0 Å². The smallest absolute Gasteiger partial charge is 0.238 e. The van der Waals surface area contributed by atoms with Crippen molar-refractivity contribution in [2.45, 2.75) is 13.8 Å². The predicted octanol–water partition coefficient (Wildman–Crippen LogP) is 0.571. The number of aliphatic hydroxyl groups is 1. The van der Waals surface area contributed by atoms with Gasteiger partial charge in [0.25, 0.3) is 0 Å². The van der Waals surface area contributed by atoms with Crippen LogP contribution >= 0.6 is 0 Å². The number of imide groups is 1. The summed E-state index contributed by atoms with van der Waals surface area (Å²) in [6, 6.07) is 4.94. The zero-order chi connectivity index (χ0) is 14.0. The summed E-state index contributed by atoms with van der Waals surface area (Å²) in [7, 11) is 0. The van der Waals surface area contributed by atoms with Crippen LogP contribution in [0.25, 0.3) is 0 Å². The number of anilines is 1. The van der Waals surface area contributed by atoms with E-state index in [1.807, 2.05) is 0 Å². The molecule has 0 spiro atoms. The number of carbonyl (C=O) groups excluding carboxylic acids is 2. The number of nitrogens with zero attached hydrogens (tertiary/aromatic N) is 2. The van der Waals surface area contributed by atoms with Crippen molar-refractivity contribution in [2.24, 2.45) is 11.8 Å². The summed E-state index contributed by atoms with van der Waals surface area (Å²) in [5.74, 6) is 4.27. The summed E-state index contributed by atoms with van der Waals surface area (Å²) < 4.78 is 0. The summed E-state index contributed by atoms with van der Waals surface area (Å²) in [6.45, 7) is 3.21. The van der Waals surface area contributed by atoms with Gasteiger partial charge in [-0.25, -0.2) is 9.88 Å². The van der Waals surface area contributed by atoms with Crippen LogP contribution < -0.4 is 4.90 Å². The van der Waals surface area contributed by atoms with E-state index >= 15 is 0 Å². The monoisotopic (exact) mass is 258 g/mol. The van der Waals surface area contributed by atoms with Crippen molar-refractivity contribution in [3.05, 3.63) is 23.9 Å². The first-order valence-corrected chi connectivity index (χ1v) is 6.01. The van der Waals surface area contributed by atoms with Gasteiger partial charge in [0.15, 0.2) is 0 Å². The number of amides is 2. The van der Waals surface area contributed by atoms with Gasteiger partial charge in [0.1, 0.15) is 18.1 Å². The average molecular weight is 258 g/mol. The van der Waals surface area contributed by atoms with Crippen LogP contribution in [0, 0.1) is 23.7 Å². The minimum atomic E-state index is -0.332. The minimum absolute atomic E-state index is 0.239. The Morgan fingerprint density at radius 1 is 1.26 bits per heavy atom. The SMILES string of the molecule is CC1C(=O)N(c2cccc(C#CCO)n2)C(=O)C1C. The number of aliphatic hydroxyl groups excluding tert-OH is 1. The van der Waals surface area contributed by atoms with Crippen LogP contribution in [0.3, 0.4) is 0 Å². The molecule has 0 saturated carbocycles. The number of hydrogen-bond acceptors (Lipinski definition) is 4. The summed E-state index contributed by atoms with van der Waals surface area (Å²) in [4.78, 5) is 29.4. The molecular formula is C14H14N2O3. The molecule has 1 fully saturated rings. The Kier molecular flexibility index (Phi) is 3.63. The topological polar surface area (TPSA) is 70.5 Å². The Hall–Kier alpha value is -2.19. The second-order valence-electron chi connectivity index (χ2n) is 4.43. The molecule has 1 aliphatic heterocycles. The highest BCUT2D eigenvalue weighted by Gasteiger charge is 2.43. The largest absolute Gasteiger partial charge is 0.384 e. The van der Waals surface area contributed by atoms with Crippen LogP contribution in [0.5, 0.6) is 0 Å². The molecule has 0 aromatic carbocycles. The molecule has 2 heterocycles. The molecular weight excluding hydrogens is 244 g/mol. The quantitative estimate of drug-likeness (QED) is 0.590. The highest BCUT2D eigenvalue weighted by molar-refractivity contribution is 6.21. The van der Waals surface area contributed by atoms with E-state index < -0.39 is 0 Å². The third kappa shape index (κ3) is 2.35. The third-order valence-electron chi connectivity index (χ3n) is 3.23. The number of hydrogen-bond donors (Lipinski definition) is 1. The number of aromatic nitrogens is 1. The number of rotatable bonds is 1. The Labute approximate surface area is 111 Å². The van der Waals surface area contributed by atoms with Gasteiger partial charge in [-0.2, -0.15) is 0 Å². The zero-order valence-electron chi connectivity index (χ0n) is 10.8. The molecule has 1 saturated heterocycles. The van der Waals surface area contributed by atoms with Gasteiger partial charge in [0.2, 0.25) is 11.8 Å². The van der Waals surface area contributed by atoms with Crippen molar-refractivity contribution in [1.82, 2.24) is 4.98 Å². The maximum atomic E-state index is 12.0. The second kappa shape index (κ2) is 5.21. The lowest BCUT2D eigenvalue weighted by Gasteiger charge is -2.13. The molecule has 1 aromatic heterocycles.